The number of phenolic OH excluding ortho intramolecular Hbond substituents is 1. The highest BCUT2D eigenvalue weighted by Gasteiger charge is 2.57. The molecule has 0 radical (unpaired) electrons. The molecule has 3 rings (SSSR count). The lowest BCUT2D eigenvalue weighted by Crippen LogP contribution is -2.31. The summed E-state index contributed by atoms with van der Waals surface area (Å²) in [7, 11) is 0. The van der Waals surface area contributed by atoms with Crippen LogP contribution in [0.1, 0.15) is 19.3 Å². The van der Waals surface area contributed by atoms with Crippen molar-refractivity contribution < 1.29 is 14.3 Å². The third kappa shape index (κ3) is 2.30. The van der Waals surface area contributed by atoms with E-state index in [9.17, 15) is 9.18 Å². The van der Waals surface area contributed by atoms with Crippen LogP contribution in [0.25, 0.3) is 0 Å². The quantitative estimate of drug-likeness (QED) is 0.714. The fourth-order valence-corrected chi connectivity index (χ4v) is 3.01. The van der Waals surface area contributed by atoms with Crippen molar-refractivity contribution in [1.29, 1.82) is 0 Å². The number of nitrogens with one attached hydrogen (secondary N) is 2. The summed E-state index contributed by atoms with van der Waals surface area (Å²) in [5.41, 5.74) is 0.571. The first-order chi connectivity index (χ1) is 9.11. The normalized spacial score (nSPS) is 24.2. The molecule has 2 aliphatic rings. The van der Waals surface area contributed by atoms with Crippen LogP contribution in [-0.2, 0) is 4.79 Å². The maximum Gasteiger partial charge on any atom is 0.228 e. The first-order valence-corrected chi connectivity index (χ1v) is 6.61. The topological polar surface area (TPSA) is 61.4 Å². The zero-order valence-corrected chi connectivity index (χ0v) is 10.6. The molecule has 0 bridgehead atoms. The number of halogens is 1. The molecule has 1 aliphatic carbocycles. The van der Waals surface area contributed by atoms with Crippen LogP contribution in [-0.4, -0.2) is 24.1 Å². The van der Waals surface area contributed by atoms with Crippen molar-refractivity contribution in [2.45, 2.75) is 19.3 Å². The Morgan fingerprint density at radius 3 is 2.84 bits per heavy atom. The van der Waals surface area contributed by atoms with Crippen molar-refractivity contribution >= 4 is 11.6 Å². The number of aromatic hydroxyl groups is 1. The number of anilines is 1. The van der Waals surface area contributed by atoms with Gasteiger partial charge in [-0.2, -0.15) is 0 Å². The first-order valence-electron chi connectivity index (χ1n) is 6.61. The molecule has 1 aromatic carbocycles. The number of phenols is 1. The van der Waals surface area contributed by atoms with Crippen LogP contribution < -0.4 is 10.6 Å². The minimum Gasteiger partial charge on any atom is -0.505 e. The van der Waals surface area contributed by atoms with Gasteiger partial charge in [0.15, 0.2) is 11.6 Å². The molecule has 1 spiro atoms. The van der Waals surface area contributed by atoms with Gasteiger partial charge in [-0.3, -0.25) is 4.79 Å². The second kappa shape index (κ2) is 4.49. The highest BCUT2D eigenvalue weighted by Crippen LogP contribution is 2.58. The molecule has 1 atom stereocenters. The molecule has 5 heteroatoms. The molecule has 1 saturated carbocycles. The Bertz CT molecular complexity index is 512. The van der Waals surface area contributed by atoms with E-state index in [0.717, 1.165) is 38.4 Å². The van der Waals surface area contributed by atoms with E-state index in [1.165, 1.54) is 12.1 Å². The molecule has 1 aromatic rings. The minimum atomic E-state index is -0.717. The van der Waals surface area contributed by atoms with Crippen LogP contribution in [0.3, 0.4) is 0 Å². The number of hydrogen-bond donors (Lipinski definition) is 3. The molecule has 0 aromatic heterocycles. The van der Waals surface area contributed by atoms with Crippen LogP contribution >= 0.6 is 0 Å². The zero-order chi connectivity index (χ0) is 13.5. The van der Waals surface area contributed by atoms with Crippen LogP contribution in [0, 0.1) is 17.2 Å². The van der Waals surface area contributed by atoms with Crippen molar-refractivity contribution in [3.05, 3.63) is 24.0 Å². The predicted octanol–water partition coefficient (Wildman–Crippen LogP) is 1.86. The van der Waals surface area contributed by atoms with Crippen LogP contribution in [0.4, 0.5) is 10.1 Å². The Morgan fingerprint density at radius 1 is 1.42 bits per heavy atom. The van der Waals surface area contributed by atoms with Gasteiger partial charge in [-0.1, -0.05) is 0 Å². The minimum absolute atomic E-state index is 0.0352. The van der Waals surface area contributed by atoms with Gasteiger partial charge in [0.2, 0.25) is 5.91 Å². The van der Waals surface area contributed by atoms with E-state index in [4.69, 9.17) is 5.11 Å². The fourth-order valence-electron chi connectivity index (χ4n) is 3.01. The molecule has 2 fully saturated rings. The van der Waals surface area contributed by atoms with E-state index in [2.05, 4.69) is 10.6 Å². The molecule has 3 N–H and O–H groups in total. The zero-order valence-electron chi connectivity index (χ0n) is 10.6. The van der Waals surface area contributed by atoms with E-state index in [1.807, 2.05) is 0 Å². The molecular formula is C14H17FN2O2. The standard InChI is InChI=1S/C14H17FN2O2/c15-11-7-9(1-2-12(11)18)17-13(19)10-8-14(10)3-5-16-6-4-14/h1-2,7,10,16,18H,3-6,8H2,(H,17,19). The van der Waals surface area contributed by atoms with E-state index in [0.29, 0.717) is 5.69 Å². The number of hydrogen-bond acceptors (Lipinski definition) is 3. The number of amides is 1. The van der Waals surface area contributed by atoms with Gasteiger partial charge < -0.3 is 15.7 Å². The Morgan fingerprint density at radius 2 is 2.16 bits per heavy atom. The van der Waals surface area contributed by atoms with Crippen molar-refractivity contribution in [3.63, 3.8) is 0 Å². The molecule has 102 valence electrons. The lowest BCUT2D eigenvalue weighted by atomic mass is 9.92. The van der Waals surface area contributed by atoms with Gasteiger partial charge in [-0.15, -0.1) is 0 Å². The Labute approximate surface area is 111 Å². The highest BCUT2D eigenvalue weighted by molar-refractivity contribution is 5.95. The van der Waals surface area contributed by atoms with Gasteiger partial charge in [-0.05, 0) is 49.9 Å². The summed E-state index contributed by atoms with van der Waals surface area (Å²) in [4.78, 5) is 12.1. The number of carbonyl (C=O) groups excluding carboxylic acids is 1. The van der Waals surface area contributed by atoms with Crippen molar-refractivity contribution in [2.24, 2.45) is 11.3 Å². The third-order valence-electron chi connectivity index (χ3n) is 4.32. The molecule has 1 saturated heterocycles. The second-order valence-electron chi connectivity index (χ2n) is 5.52. The average Bonchev–Trinajstić information content (AvgIpc) is 3.08. The van der Waals surface area contributed by atoms with Crippen molar-refractivity contribution in [3.8, 4) is 5.75 Å². The van der Waals surface area contributed by atoms with Gasteiger partial charge in [0, 0.05) is 17.7 Å². The van der Waals surface area contributed by atoms with Gasteiger partial charge >= 0.3 is 0 Å². The SMILES string of the molecule is O=C(Nc1ccc(O)c(F)c1)C1CC12CCNCC2. The third-order valence-corrected chi connectivity index (χ3v) is 4.32. The van der Waals surface area contributed by atoms with Crippen LogP contribution in [0.5, 0.6) is 5.75 Å². The number of piperidine rings is 1. The number of benzene rings is 1. The Balaban J connectivity index is 1.64. The van der Waals surface area contributed by atoms with Crippen molar-refractivity contribution in [2.75, 3.05) is 18.4 Å². The van der Waals surface area contributed by atoms with Crippen LogP contribution in [0.2, 0.25) is 0 Å². The summed E-state index contributed by atoms with van der Waals surface area (Å²) in [6, 6.07) is 3.90. The second-order valence-corrected chi connectivity index (χ2v) is 5.52. The van der Waals surface area contributed by atoms with E-state index in [-0.39, 0.29) is 17.2 Å². The summed E-state index contributed by atoms with van der Waals surface area (Å²) in [6.45, 7) is 1.94. The number of rotatable bonds is 2. The first kappa shape index (κ1) is 12.4. The molecular weight excluding hydrogens is 247 g/mol. The fraction of sp³-hybridized carbons (Fsp3) is 0.500. The van der Waals surface area contributed by atoms with E-state index >= 15 is 0 Å². The van der Waals surface area contributed by atoms with Crippen molar-refractivity contribution in [1.82, 2.24) is 5.32 Å². The Kier molecular flexibility index (Phi) is 2.93. The molecule has 1 heterocycles. The van der Waals surface area contributed by atoms with Crippen LogP contribution in [0.15, 0.2) is 18.2 Å². The summed E-state index contributed by atoms with van der Waals surface area (Å²) < 4.78 is 13.2. The van der Waals surface area contributed by atoms with Gasteiger partial charge in [0.25, 0.3) is 0 Å². The monoisotopic (exact) mass is 264 g/mol. The maximum atomic E-state index is 13.2. The molecule has 19 heavy (non-hydrogen) atoms. The molecule has 1 unspecified atom stereocenters. The smallest absolute Gasteiger partial charge is 0.228 e. The largest absolute Gasteiger partial charge is 0.505 e. The lowest BCUT2D eigenvalue weighted by Gasteiger charge is -2.23. The molecule has 1 aliphatic heterocycles. The maximum absolute atomic E-state index is 13.2. The molecule has 4 nitrogen and oxygen atoms in total. The predicted molar refractivity (Wildman–Crippen MR) is 69.3 cm³/mol. The summed E-state index contributed by atoms with van der Waals surface area (Å²) in [5.74, 6) is -1.11. The summed E-state index contributed by atoms with van der Waals surface area (Å²) in [5, 5.41) is 15.1. The Hall–Kier alpha value is -1.62. The van der Waals surface area contributed by atoms with Gasteiger partial charge in [-0.25, -0.2) is 4.39 Å². The molecule has 1 amide bonds. The van der Waals surface area contributed by atoms with Gasteiger partial charge in [0.05, 0.1) is 0 Å². The average molecular weight is 264 g/mol. The lowest BCUT2D eigenvalue weighted by molar-refractivity contribution is -0.118. The summed E-state index contributed by atoms with van der Waals surface area (Å²) in [6.07, 6.45) is 3.01. The van der Waals surface area contributed by atoms with E-state index < -0.39 is 11.6 Å². The summed E-state index contributed by atoms with van der Waals surface area (Å²) >= 11 is 0. The van der Waals surface area contributed by atoms with Gasteiger partial charge in [0.1, 0.15) is 0 Å². The highest BCUT2D eigenvalue weighted by atomic mass is 19.1. The number of carbonyl (C=O) groups is 1. The van der Waals surface area contributed by atoms with E-state index in [1.54, 1.807) is 0 Å².